The van der Waals surface area contributed by atoms with Gasteiger partial charge in [-0.15, -0.1) is 4.90 Å². The van der Waals surface area contributed by atoms with Gasteiger partial charge in [-0.1, -0.05) is 42.6 Å². The summed E-state index contributed by atoms with van der Waals surface area (Å²) in [6, 6.07) is 9.74. The average molecular weight is 849 g/mol. The lowest BCUT2D eigenvalue weighted by molar-refractivity contribution is -0.474. The smallest absolute Gasteiger partial charge is 0.425 e. The minimum Gasteiger partial charge on any atom is -0.425 e. The van der Waals surface area contributed by atoms with Crippen molar-refractivity contribution in [3.8, 4) is 0 Å². The van der Waals surface area contributed by atoms with Crippen molar-refractivity contribution in [3.63, 3.8) is 0 Å². The third-order valence-electron chi connectivity index (χ3n) is 13.3. The van der Waals surface area contributed by atoms with Crippen LogP contribution in [0.15, 0.2) is 47.8 Å². The quantitative estimate of drug-likeness (QED) is 0.138. The predicted molar refractivity (Wildman–Crippen MR) is 235 cm³/mol. The lowest BCUT2D eigenvalue weighted by Gasteiger charge is -2.40. The van der Waals surface area contributed by atoms with Gasteiger partial charge in [0.2, 0.25) is 11.4 Å². The normalized spacial score (nSPS) is 22.9. The van der Waals surface area contributed by atoms with Gasteiger partial charge in [-0.05, 0) is 102 Å². The van der Waals surface area contributed by atoms with E-state index >= 15 is 0 Å². The number of ether oxygens (including phenoxy) is 1. The fraction of sp³-hybridized carbons (Fsp3) is 0.659. The van der Waals surface area contributed by atoms with E-state index in [2.05, 4.69) is 46.8 Å². The largest absolute Gasteiger partial charge is 0.508 e. The number of amides is 2. The molecule has 3 aromatic rings. The topological polar surface area (TPSA) is 141 Å². The molecule has 0 bridgehead atoms. The molecule has 13 nitrogen and oxygen atoms in total. The zero-order valence-corrected chi connectivity index (χ0v) is 36.8. The molecule has 2 atom stereocenters. The van der Waals surface area contributed by atoms with Crippen molar-refractivity contribution >= 4 is 58.1 Å². The number of anilines is 1. The van der Waals surface area contributed by atoms with E-state index in [1.165, 1.54) is 32.1 Å². The number of hydrogen-bond acceptors (Lipinski definition) is 10. The number of amidine groups is 1. The number of fused-ring (bicyclic) bond motifs is 1. The average Bonchev–Trinajstić information content (AvgIpc) is 3.54. The maximum absolute atomic E-state index is 13.8. The lowest BCUT2D eigenvalue weighted by atomic mass is 9.83. The van der Waals surface area contributed by atoms with E-state index in [-0.39, 0.29) is 23.4 Å². The Balaban J connectivity index is 0.883. The first-order valence-electron chi connectivity index (χ1n) is 22.1. The SMILES string of the molecule is CC(C)(C)OC(=O)N1/C(=[NH+]\[C@@H](CCN2CCC(CN3CCN(C(=O)[C@H](N)C4CCCCC4)CC3)CC2)Sc2ccc(Cl)cc2)C12CCN(c1ncnc3[nH]ccc13)CC2. The number of halogens is 1. The van der Waals surface area contributed by atoms with Crippen LogP contribution in [0.5, 0.6) is 0 Å². The number of aromatic nitrogens is 3. The van der Waals surface area contributed by atoms with Gasteiger partial charge in [0.1, 0.15) is 28.8 Å². The number of benzene rings is 1. The number of carbonyl (C=O) groups excluding carboxylic acids is 2. The summed E-state index contributed by atoms with van der Waals surface area (Å²) < 4.78 is 5.99. The maximum Gasteiger partial charge on any atom is 0.508 e. The molecule has 1 aliphatic carbocycles. The highest BCUT2D eigenvalue weighted by molar-refractivity contribution is 7.99. The molecule has 0 unspecified atom stereocenters. The molecule has 1 aromatic carbocycles. The molecule has 8 rings (SSSR count). The first-order chi connectivity index (χ1) is 28.5. The van der Waals surface area contributed by atoms with E-state index < -0.39 is 11.1 Å². The number of piperazine rings is 1. The van der Waals surface area contributed by atoms with Crippen LogP contribution in [0.2, 0.25) is 5.02 Å². The molecule has 5 fully saturated rings. The number of piperidine rings is 2. The molecule has 2 aromatic heterocycles. The van der Waals surface area contributed by atoms with Crippen molar-refractivity contribution in [2.75, 3.05) is 70.3 Å². The summed E-state index contributed by atoms with van der Waals surface area (Å²) in [5, 5.41) is 1.77. The van der Waals surface area contributed by atoms with Crippen LogP contribution in [0.1, 0.15) is 85.0 Å². The van der Waals surface area contributed by atoms with Crippen molar-refractivity contribution in [2.45, 2.75) is 112 Å². The highest BCUT2D eigenvalue weighted by Gasteiger charge is 2.74. The van der Waals surface area contributed by atoms with Gasteiger partial charge < -0.3 is 30.2 Å². The summed E-state index contributed by atoms with van der Waals surface area (Å²) in [6.07, 6.45) is 13.9. The monoisotopic (exact) mass is 847 g/mol. The predicted octanol–water partition coefficient (Wildman–Crippen LogP) is 4.95. The standard InChI is InChI=1S/C44H63ClN10O3S/c1-43(2,3)58-42(57)55-41(44(55)17-23-53(24-18-44)39-35-13-19-47-38(35)48-30-49-39)50-36(59-34-11-9-33(45)10-12-34)16-22-51-20-14-31(15-21-51)29-52-25-27-54(28-26-52)40(56)37(46)32-7-5-4-6-8-32/h9-13,19,30-32,36-37H,4-8,14-18,20-29,46H2,1-3H3,(H,47,48,49)/p+1/b50-41-/t36-,37-,55?/m1/s1. The third-order valence-corrected chi connectivity index (χ3v) is 14.7. The number of nitrogens with two attached hydrogens (primary N) is 1. The highest BCUT2D eigenvalue weighted by atomic mass is 35.5. The highest BCUT2D eigenvalue weighted by Crippen LogP contribution is 2.45. The Bertz CT molecular complexity index is 1920. The fourth-order valence-electron chi connectivity index (χ4n) is 9.85. The van der Waals surface area contributed by atoms with E-state index in [0.717, 1.165) is 130 Å². The fourth-order valence-corrected chi connectivity index (χ4v) is 11.0. The Morgan fingerprint density at radius 2 is 1.66 bits per heavy atom. The Morgan fingerprint density at radius 3 is 2.36 bits per heavy atom. The molecule has 0 radical (unpaired) electrons. The number of aromatic amines is 1. The molecule has 15 heteroatoms. The van der Waals surface area contributed by atoms with Crippen molar-refractivity contribution in [2.24, 2.45) is 17.6 Å². The van der Waals surface area contributed by atoms with Crippen LogP contribution in [-0.4, -0.2) is 140 Å². The van der Waals surface area contributed by atoms with Crippen molar-refractivity contribution in [1.82, 2.24) is 34.6 Å². The number of likely N-dealkylation sites (tertiary alicyclic amines) is 1. The Hall–Kier alpha value is -3.43. The molecular weight excluding hydrogens is 784 g/mol. The lowest BCUT2D eigenvalue weighted by Crippen LogP contribution is -2.78. The van der Waals surface area contributed by atoms with Gasteiger partial charge in [0, 0.05) is 87.7 Å². The maximum atomic E-state index is 13.8. The number of thioether (sulfide) groups is 1. The minimum absolute atomic E-state index is 0.0397. The van der Waals surface area contributed by atoms with E-state index in [1.54, 1.807) is 18.1 Å². The second kappa shape index (κ2) is 18.3. The molecule has 4 N–H and O–H groups in total. The molecular formula is C44H64ClN10O3S+. The summed E-state index contributed by atoms with van der Waals surface area (Å²) in [7, 11) is 0. The van der Waals surface area contributed by atoms with E-state index in [0.29, 0.717) is 11.8 Å². The molecule has 6 heterocycles. The zero-order valence-electron chi connectivity index (χ0n) is 35.2. The molecule has 59 heavy (non-hydrogen) atoms. The van der Waals surface area contributed by atoms with Gasteiger partial charge >= 0.3 is 11.9 Å². The first kappa shape index (κ1) is 42.3. The van der Waals surface area contributed by atoms with Gasteiger partial charge in [0.15, 0.2) is 0 Å². The van der Waals surface area contributed by atoms with Crippen LogP contribution >= 0.6 is 23.4 Å². The molecule has 4 saturated heterocycles. The van der Waals surface area contributed by atoms with E-state index in [4.69, 9.17) is 22.1 Å². The van der Waals surface area contributed by atoms with Crippen molar-refractivity contribution in [1.29, 1.82) is 0 Å². The minimum atomic E-state index is -0.604. The Morgan fingerprint density at radius 1 is 0.949 bits per heavy atom. The molecule has 5 aliphatic rings. The summed E-state index contributed by atoms with van der Waals surface area (Å²) in [4.78, 5) is 55.7. The third kappa shape index (κ3) is 10.0. The molecule has 2 amide bonds. The number of nitrogens with one attached hydrogen (secondary N) is 2. The van der Waals surface area contributed by atoms with Crippen LogP contribution in [-0.2, 0) is 9.53 Å². The van der Waals surface area contributed by atoms with E-state index in [9.17, 15) is 9.59 Å². The number of hydrogen-bond donors (Lipinski definition) is 3. The second-order valence-corrected chi connectivity index (χ2v) is 20.2. The van der Waals surface area contributed by atoms with Gasteiger partial charge in [-0.3, -0.25) is 14.7 Å². The van der Waals surface area contributed by atoms with Gasteiger partial charge in [0.25, 0.3) is 0 Å². The van der Waals surface area contributed by atoms with Crippen LogP contribution in [0, 0.1) is 11.8 Å². The summed E-state index contributed by atoms with van der Waals surface area (Å²) in [5.41, 5.74) is 6.30. The van der Waals surface area contributed by atoms with Crippen molar-refractivity contribution < 1.29 is 19.3 Å². The first-order valence-corrected chi connectivity index (χ1v) is 23.3. The van der Waals surface area contributed by atoms with Gasteiger partial charge in [-0.2, -0.15) is 4.79 Å². The Kier molecular flexibility index (Phi) is 13.1. The number of nitrogens with zero attached hydrogens (tertiary/aromatic N) is 7. The molecule has 320 valence electrons. The Labute approximate surface area is 358 Å². The summed E-state index contributed by atoms with van der Waals surface area (Å²) >= 11 is 8.09. The molecule has 4 aliphatic heterocycles. The van der Waals surface area contributed by atoms with E-state index in [1.807, 2.05) is 55.0 Å². The van der Waals surface area contributed by atoms with Crippen molar-refractivity contribution in [3.05, 3.63) is 47.9 Å². The second-order valence-electron chi connectivity index (χ2n) is 18.4. The number of rotatable bonds is 11. The van der Waals surface area contributed by atoms with Gasteiger partial charge in [0.05, 0.1) is 11.4 Å². The van der Waals surface area contributed by atoms with Crippen LogP contribution in [0.4, 0.5) is 10.6 Å². The van der Waals surface area contributed by atoms with Crippen LogP contribution in [0.25, 0.3) is 11.0 Å². The number of H-pyrrole nitrogens is 1. The molecule has 1 spiro atoms. The summed E-state index contributed by atoms with van der Waals surface area (Å²) in [6.45, 7) is 15.0. The summed E-state index contributed by atoms with van der Waals surface area (Å²) in [5.74, 6) is 3.08. The van der Waals surface area contributed by atoms with Crippen LogP contribution < -0.4 is 15.6 Å². The number of carbonyl (C=O) groups is 2. The van der Waals surface area contributed by atoms with Crippen LogP contribution in [0.3, 0.4) is 0 Å². The molecule has 1 saturated carbocycles. The van der Waals surface area contributed by atoms with Gasteiger partial charge in [-0.25, -0.2) is 9.97 Å². The zero-order chi connectivity index (χ0) is 41.1.